The van der Waals surface area contributed by atoms with Gasteiger partial charge in [-0.15, -0.1) is 0 Å². The molecule has 166 valence electrons. The smallest absolute Gasteiger partial charge is 0.406 e. The van der Waals surface area contributed by atoms with Crippen LogP contribution in [-0.4, -0.2) is 44.9 Å². The van der Waals surface area contributed by atoms with Gasteiger partial charge in [-0.1, -0.05) is 18.2 Å². The van der Waals surface area contributed by atoms with Crippen LogP contribution in [0.3, 0.4) is 0 Å². The summed E-state index contributed by atoms with van der Waals surface area (Å²) in [4.78, 5) is 13.4. The van der Waals surface area contributed by atoms with Gasteiger partial charge >= 0.3 is 6.18 Å². The molecule has 0 bridgehead atoms. The quantitative estimate of drug-likeness (QED) is 0.592. The van der Waals surface area contributed by atoms with E-state index in [-0.39, 0.29) is 19.4 Å². The number of amides is 1. The number of halogens is 3. The molecule has 0 unspecified atom stereocenters. The van der Waals surface area contributed by atoms with E-state index in [1.807, 2.05) is 6.07 Å². The molecule has 0 saturated heterocycles. The number of aryl methyl sites for hydroxylation is 1. The first kappa shape index (κ1) is 23.9. The first-order valence-corrected chi connectivity index (χ1v) is 9.33. The van der Waals surface area contributed by atoms with E-state index in [2.05, 4.69) is 0 Å². The normalized spacial score (nSPS) is 10.9. The molecule has 0 saturated carbocycles. The largest absolute Gasteiger partial charge is 0.493 e. The van der Waals surface area contributed by atoms with Gasteiger partial charge in [0.2, 0.25) is 11.7 Å². The van der Waals surface area contributed by atoms with E-state index in [0.29, 0.717) is 33.9 Å². The topological polar surface area (TPSA) is 71.8 Å². The number of alkyl halides is 3. The first-order chi connectivity index (χ1) is 14.7. The summed E-state index contributed by atoms with van der Waals surface area (Å²) in [6, 6.07) is 11.3. The maximum Gasteiger partial charge on any atom is 0.406 e. The molecule has 2 aromatic carbocycles. The van der Waals surface area contributed by atoms with Crippen molar-refractivity contribution in [3.8, 4) is 23.3 Å². The van der Waals surface area contributed by atoms with Gasteiger partial charge in [-0.3, -0.25) is 4.79 Å². The van der Waals surface area contributed by atoms with Gasteiger partial charge in [-0.05, 0) is 35.7 Å². The fraction of sp³-hybridized carbons (Fsp3) is 0.364. The average Bonchev–Trinajstić information content (AvgIpc) is 2.75. The number of methoxy groups -OCH3 is 3. The zero-order valence-corrected chi connectivity index (χ0v) is 17.5. The minimum atomic E-state index is -4.54. The highest BCUT2D eigenvalue weighted by Crippen LogP contribution is 2.40. The fourth-order valence-corrected chi connectivity index (χ4v) is 3.11. The summed E-state index contributed by atoms with van der Waals surface area (Å²) in [6.45, 7) is -1.58. The van der Waals surface area contributed by atoms with Crippen molar-refractivity contribution in [1.29, 1.82) is 5.26 Å². The molecule has 0 aliphatic rings. The Kier molecular flexibility index (Phi) is 8.14. The molecule has 0 heterocycles. The maximum absolute atomic E-state index is 13.1. The molecule has 31 heavy (non-hydrogen) atoms. The highest BCUT2D eigenvalue weighted by molar-refractivity contribution is 5.77. The van der Waals surface area contributed by atoms with Crippen molar-refractivity contribution in [3.63, 3.8) is 0 Å². The van der Waals surface area contributed by atoms with Gasteiger partial charge in [-0.2, -0.15) is 18.4 Å². The number of rotatable bonds is 9. The van der Waals surface area contributed by atoms with E-state index in [1.54, 1.807) is 12.1 Å². The summed E-state index contributed by atoms with van der Waals surface area (Å²) in [7, 11) is 4.35. The maximum atomic E-state index is 13.1. The third-order valence-corrected chi connectivity index (χ3v) is 4.57. The van der Waals surface area contributed by atoms with E-state index in [0.717, 1.165) is 4.90 Å². The highest BCUT2D eigenvalue weighted by atomic mass is 19.4. The number of nitrogens with zero attached hydrogens (tertiary/aromatic N) is 2. The number of hydrogen-bond donors (Lipinski definition) is 0. The molecule has 0 aromatic heterocycles. The Hall–Kier alpha value is -3.41. The van der Waals surface area contributed by atoms with E-state index < -0.39 is 18.6 Å². The lowest BCUT2D eigenvalue weighted by molar-refractivity contribution is -0.162. The lowest BCUT2D eigenvalue weighted by Crippen LogP contribution is -2.38. The Balaban J connectivity index is 2.19. The van der Waals surface area contributed by atoms with Crippen molar-refractivity contribution in [1.82, 2.24) is 4.90 Å². The van der Waals surface area contributed by atoms with Crippen LogP contribution in [0.5, 0.6) is 17.2 Å². The van der Waals surface area contributed by atoms with Crippen LogP contribution in [0.4, 0.5) is 13.2 Å². The molecule has 0 radical (unpaired) electrons. The summed E-state index contributed by atoms with van der Waals surface area (Å²) >= 11 is 0. The lowest BCUT2D eigenvalue weighted by Gasteiger charge is -2.24. The minimum Gasteiger partial charge on any atom is -0.493 e. The monoisotopic (exact) mass is 436 g/mol. The van der Waals surface area contributed by atoms with Crippen molar-refractivity contribution in [2.75, 3.05) is 27.9 Å². The van der Waals surface area contributed by atoms with Crippen molar-refractivity contribution < 1.29 is 32.2 Å². The number of ether oxygens (including phenoxy) is 3. The Labute approximate surface area is 178 Å². The summed E-state index contributed by atoms with van der Waals surface area (Å²) in [5.41, 5.74) is 1.50. The molecule has 0 atom stereocenters. The van der Waals surface area contributed by atoms with E-state index in [4.69, 9.17) is 19.5 Å². The van der Waals surface area contributed by atoms with Crippen LogP contribution in [0, 0.1) is 11.3 Å². The van der Waals surface area contributed by atoms with Crippen LogP contribution in [0.2, 0.25) is 0 Å². The zero-order valence-electron chi connectivity index (χ0n) is 17.5. The number of hydrogen-bond acceptors (Lipinski definition) is 5. The Morgan fingerprint density at radius 1 is 1.00 bits per heavy atom. The van der Waals surface area contributed by atoms with Crippen LogP contribution in [-0.2, 0) is 17.8 Å². The van der Waals surface area contributed by atoms with E-state index in [1.165, 1.54) is 45.6 Å². The molecular formula is C22H23F3N2O4. The van der Waals surface area contributed by atoms with Crippen LogP contribution >= 0.6 is 0 Å². The zero-order chi connectivity index (χ0) is 23.0. The molecule has 6 nitrogen and oxygen atoms in total. The van der Waals surface area contributed by atoms with E-state index in [9.17, 15) is 18.0 Å². The second-order valence-electron chi connectivity index (χ2n) is 6.67. The highest BCUT2D eigenvalue weighted by Gasteiger charge is 2.33. The second-order valence-corrected chi connectivity index (χ2v) is 6.67. The van der Waals surface area contributed by atoms with Gasteiger partial charge in [0.15, 0.2) is 11.5 Å². The Morgan fingerprint density at radius 3 is 2.16 bits per heavy atom. The van der Waals surface area contributed by atoms with Gasteiger partial charge in [0.05, 0.1) is 33.0 Å². The molecule has 0 fully saturated rings. The molecule has 0 spiro atoms. The minimum absolute atomic E-state index is 0.155. The molecular weight excluding hydrogens is 413 g/mol. The second kappa shape index (κ2) is 10.6. The molecule has 9 heteroatoms. The molecule has 0 aliphatic heterocycles. The fourth-order valence-electron chi connectivity index (χ4n) is 3.11. The molecule has 1 amide bonds. The molecule has 2 rings (SSSR count). The molecule has 2 aromatic rings. The number of benzene rings is 2. The van der Waals surface area contributed by atoms with Gasteiger partial charge < -0.3 is 19.1 Å². The lowest BCUT2D eigenvalue weighted by atomic mass is 10.1. The first-order valence-electron chi connectivity index (χ1n) is 9.33. The van der Waals surface area contributed by atoms with Crippen LogP contribution in [0.15, 0.2) is 36.4 Å². The summed E-state index contributed by atoms with van der Waals surface area (Å²) in [6.07, 6.45) is -4.54. The van der Waals surface area contributed by atoms with Crippen LogP contribution < -0.4 is 14.2 Å². The van der Waals surface area contributed by atoms with Crippen molar-refractivity contribution in [3.05, 3.63) is 53.1 Å². The summed E-state index contributed by atoms with van der Waals surface area (Å²) < 4.78 is 55.1. The van der Waals surface area contributed by atoms with Gasteiger partial charge in [0.1, 0.15) is 6.54 Å². The van der Waals surface area contributed by atoms with Crippen molar-refractivity contribution in [2.24, 2.45) is 0 Å². The summed E-state index contributed by atoms with van der Waals surface area (Å²) in [5.74, 6) is 0.497. The van der Waals surface area contributed by atoms with Gasteiger partial charge in [0.25, 0.3) is 0 Å². The third-order valence-electron chi connectivity index (χ3n) is 4.57. The standard InChI is InChI=1S/C22H23F3N2O4/c1-29-18-10-8-17(20(30-2)21(18)31-3)9-11-19(28)27(14-22(23,24)25)13-16-6-4-15(12-26)5-7-16/h4-8,10H,9,11,13-14H2,1-3H3. The van der Waals surface area contributed by atoms with Gasteiger partial charge in [0, 0.05) is 13.0 Å². The number of carbonyl (C=O) groups is 1. The SMILES string of the molecule is COc1ccc(CCC(=O)N(Cc2ccc(C#N)cc2)CC(F)(F)F)c(OC)c1OC. The van der Waals surface area contributed by atoms with Gasteiger partial charge in [-0.25, -0.2) is 0 Å². The van der Waals surface area contributed by atoms with Crippen molar-refractivity contribution in [2.45, 2.75) is 25.6 Å². The average molecular weight is 436 g/mol. The third kappa shape index (κ3) is 6.54. The van der Waals surface area contributed by atoms with Crippen molar-refractivity contribution >= 4 is 5.91 Å². The molecule has 0 N–H and O–H groups in total. The Bertz CT molecular complexity index is 937. The predicted molar refractivity (Wildman–Crippen MR) is 107 cm³/mol. The van der Waals surface area contributed by atoms with E-state index >= 15 is 0 Å². The number of carbonyl (C=O) groups excluding carboxylic acids is 1. The molecule has 0 aliphatic carbocycles. The Morgan fingerprint density at radius 2 is 1.65 bits per heavy atom. The van der Waals surface area contributed by atoms with Crippen LogP contribution in [0.1, 0.15) is 23.1 Å². The predicted octanol–water partition coefficient (Wildman–Crippen LogP) is 4.11. The van der Waals surface area contributed by atoms with Crippen LogP contribution in [0.25, 0.3) is 0 Å². The summed E-state index contributed by atoms with van der Waals surface area (Å²) in [5, 5.41) is 8.85. The number of nitriles is 1.